The molecule has 0 saturated carbocycles. The first-order valence-electron chi connectivity index (χ1n) is 6.69. The Balaban J connectivity index is 1.83. The molecule has 0 aromatic heterocycles. The Morgan fingerprint density at radius 3 is 2.65 bits per heavy atom. The molecule has 0 bridgehead atoms. The van der Waals surface area contributed by atoms with Crippen LogP contribution in [0.25, 0.3) is 0 Å². The van der Waals surface area contributed by atoms with Crippen molar-refractivity contribution in [2.24, 2.45) is 5.92 Å². The fourth-order valence-corrected chi connectivity index (χ4v) is 3.79. The van der Waals surface area contributed by atoms with Gasteiger partial charge in [0.1, 0.15) is 13.2 Å². The maximum absolute atomic E-state index is 12.4. The minimum absolute atomic E-state index is 0.0757. The molecular formula is C13H18N2O4S. The van der Waals surface area contributed by atoms with Gasteiger partial charge in [-0.15, -0.1) is 0 Å². The minimum atomic E-state index is -3.54. The minimum Gasteiger partial charge on any atom is -0.486 e. The van der Waals surface area contributed by atoms with Crippen molar-refractivity contribution in [1.82, 2.24) is 10.0 Å². The molecule has 0 spiro atoms. The van der Waals surface area contributed by atoms with E-state index in [4.69, 9.17) is 9.47 Å². The molecule has 2 aliphatic heterocycles. The number of sulfonamides is 1. The Kier molecular flexibility index (Phi) is 3.57. The summed E-state index contributed by atoms with van der Waals surface area (Å²) in [5, 5.41) is 3.17. The Morgan fingerprint density at radius 2 is 1.95 bits per heavy atom. The summed E-state index contributed by atoms with van der Waals surface area (Å²) >= 11 is 0. The zero-order valence-electron chi connectivity index (χ0n) is 11.3. The van der Waals surface area contributed by atoms with Crippen LogP contribution in [0, 0.1) is 5.92 Å². The number of hydrogen-bond acceptors (Lipinski definition) is 5. The molecule has 0 aliphatic carbocycles. The summed E-state index contributed by atoms with van der Waals surface area (Å²) in [5.74, 6) is 1.35. The van der Waals surface area contributed by atoms with E-state index < -0.39 is 10.0 Å². The van der Waals surface area contributed by atoms with Crippen molar-refractivity contribution >= 4 is 10.0 Å². The first-order chi connectivity index (χ1) is 9.56. The average Bonchev–Trinajstić information content (AvgIpc) is 2.83. The smallest absolute Gasteiger partial charge is 0.241 e. The molecule has 1 aromatic rings. The van der Waals surface area contributed by atoms with E-state index in [-0.39, 0.29) is 16.9 Å². The van der Waals surface area contributed by atoms with Gasteiger partial charge in [0.05, 0.1) is 4.90 Å². The number of ether oxygens (including phenoxy) is 2. The quantitative estimate of drug-likeness (QED) is 0.842. The van der Waals surface area contributed by atoms with E-state index in [1.165, 1.54) is 6.07 Å². The maximum atomic E-state index is 12.4. The van der Waals surface area contributed by atoms with E-state index in [2.05, 4.69) is 10.0 Å². The van der Waals surface area contributed by atoms with Crippen molar-refractivity contribution in [3.63, 3.8) is 0 Å². The number of fused-ring (bicyclic) bond motifs is 1. The Morgan fingerprint density at radius 1 is 1.20 bits per heavy atom. The Bertz CT molecular complexity index is 602. The van der Waals surface area contributed by atoms with Crippen molar-refractivity contribution in [3.8, 4) is 11.5 Å². The molecule has 2 aliphatic rings. The second-order valence-corrected chi connectivity index (χ2v) is 6.88. The van der Waals surface area contributed by atoms with Crippen LogP contribution in [0.1, 0.15) is 6.92 Å². The number of nitrogens with one attached hydrogen (secondary N) is 2. The lowest BCUT2D eigenvalue weighted by atomic mass is 10.1. The Labute approximate surface area is 118 Å². The third kappa shape index (κ3) is 2.61. The molecule has 20 heavy (non-hydrogen) atoms. The zero-order valence-corrected chi connectivity index (χ0v) is 12.1. The molecule has 2 heterocycles. The van der Waals surface area contributed by atoms with Gasteiger partial charge in [-0.2, -0.15) is 0 Å². The van der Waals surface area contributed by atoms with E-state index in [1.807, 2.05) is 6.92 Å². The van der Waals surface area contributed by atoms with Crippen molar-refractivity contribution in [2.75, 3.05) is 26.3 Å². The molecule has 1 saturated heterocycles. The molecular weight excluding hydrogens is 280 g/mol. The molecule has 0 amide bonds. The summed E-state index contributed by atoms with van der Waals surface area (Å²) in [6.07, 6.45) is 0. The highest BCUT2D eigenvalue weighted by Crippen LogP contribution is 2.32. The Hall–Kier alpha value is -1.31. The summed E-state index contributed by atoms with van der Waals surface area (Å²) in [6.45, 7) is 4.44. The van der Waals surface area contributed by atoms with Gasteiger partial charge in [-0.05, 0) is 24.6 Å². The zero-order chi connectivity index (χ0) is 14.2. The van der Waals surface area contributed by atoms with E-state index in [9.17, 15) is 8.42 Å². The molecule has 1 fully saturated rings. The molecule has 2 atom stereocenters. The lowest BCUT2D eigenvalue weighted by molar-refractivity contribution is 0.171. The highest BCUT2D eigenvalue weighted by molar-refractivity contribution is 7.89. The van der Waals surface area contributed by atoms with Crippen LogP contribution < -0.4 is 19.5 Å². The third-order valence-corrected chi connectivity index (χ3v) is 5.14. The largest absolute Gasteiger partial charge is 0.486 e. The van der Waals surface area contributed by atoms with Crippen molar-refractivity contribution in [1.29, 1.82) is 0 Å². The van der Waals surface area contributed by atoms with Crippen LogP contribution in [0.2, 0.25) is 0 Å². The van der Waals surface area contributed by atoms with Gasteiger partial charge >= 0.3 is 0 Å². The van der Waals surface area contributed by atoms with Crippen molar-refractivity contribution < 1.29 is 17.9 Å². The monoisotopic (exact) mass is 298 g/mol. The number of benzene rings is 1. The standard InChI is InChI=1S/C13H18N2O4S/c1-9-7-14-8-11(9)15-20(16,17)10-2-3-12-13(6-10)19-5-4-18-12/h2-3,6,9,11,14-15H,4-5,7-8H2,1H3. The predicted molar refractivity (Wildman–Crippen MR) is 73.6 cm³/mol. The number of rotatable bonds is 3. The second-order valence-electron chi connectivity index (χ2n) is 5.17. The normalized spacial score (nSPS) is 25.6. The summed E-state index contributed by atoms with van der Waals surface area (Å²) in [5.41, 5.74) is 0. The fourth-order valence-electron chi connectivity index (χ4n) is 2.43. The van der Waals surface area contributed by atoms with Crippen LogP contribution in [0.5, 0.6) is 11.5 Å². The highest BCUT2D eigenvalue weighted by atomic mass is 32.2. The van der Waals surface area contributed by atoms with Gasteiger partial charge in [0.2, 0.25) is 10.0 Å². The van der Waals surface area contributed by atoms with Crippen molar-refractivity contribution in [3.05, 3.63) is 18.2 Å². The third-order valence-electron chi connectivity index (χ3n) is 3.65. The van der Waals surface area contributed by atoms with Gasteiger partial charge in [-0.25, -0.2) is 13.1 Å². The van der Waals surface area contributed by atoms with Crippen LogP contribution in [0.3, 0.4) is 0 Å². The van der Waals surface area contributed by atoms with E-state index in [0.717, 1.165) is 6.54 Å². The van der Waals surface area contributed by atoms with Crippen molar-refractivity contribution in [2.45, 2.75) is 17.9 Å². The van der Waals surface area contributed by atoms with E-state index >= 15 is 0 Å². The summed E-state index contributed by atoms with van der Waals surface area (Å²) < 4.78 is 38.3. The molecule has 3 rings (SSSR count). The number of hydrogen-bond donors (Lipinski definition) is 2. The fraction of sp³-hybridized carbons (Fsp3) is 0.538. The average molecular weight is 298 g/mol. The maximum Gasteiger partial charge on any atom is 0.241 e. The molecule has 110 valence electrons. The van der Waals surface area contributed by atoms with Gasteiger partial charge in [-0.1, -0.05) is 6.92 Å². The van der Waals surface area contributed by atoms with Crippen LogP contribution in [0.15, 0.2) is 23.1 Å². The van der Waals surface area contributed by atoms with E-state index in [1.54, 1.807) is 12.1 Å². The SMILES string of the molecule is CC1CNCC1NS(=O)(=O)c1ccc2c(c1)OCCO2. The van der Waals surface area contributed by atoms with Gasteiger partial charge < -0.3 is 14.8 Å². The summed E-state index contributed by atoms with van der Waals surface area (Å²) in [7, 11) is -3.54. The van der Waals surface area contributed by atoms with Gasteiger partial charge in [0.25, 0.3) is 0 Å². The lowest BCUT2D eigenvalue weighted by Crippen LogP contribution is -2.39. The van der Waals surface area contributed by atoms with Gasteiger partial charge in [0.15, 0.2) is 11.5 Å². The predicted octanol–water partition coefficient (Wildman–Crippen LogP) is 0.344. The van der Waals surface area contributed by atoms with E-state index in [0.29, 0.717) is 31.3 Å². The lowest BCUT2D eigenvalue weighted by Gasteiger charge is -2.20. The molecule has 2 N–H and O–H groups in total. The van der Waals surface area contributed by atoms with Gasteiger partial charge in [0, 0.05) is 18.7 Å². The van der Waals surface area contributed by atoms with Crippen LogP contribution in [-0.2, 0) is 10.0 Å². The first-order valence-corrected chi connectivity index (χ1v) is 8.17. The first kappa shape index (κ1) is 13.7. The van der Waals surface area contributed by atoms with Crippen LogP contribution in [-0.4, -0.2) is 40.8 Å². The highest BCUT2D eigenvalue weighted by Gasteiger charge is 2.29. The summed E-state index contributed by atoms with van der Waals surface area (Å²) in [4.78, 5) is 0.209. The molecule has 0 radical (unpaired) electrons. The van der Waals surface area contributed by atoms with Crippen LogP contribution >= 0.6 is 0 Å². The van der Waals surface area contributed by atoms with Crippen LogP contribution in [0.4, 0.5) is 0 Å². The second kappa shape index (κ2) is 5.23. The topological polar surface area (TPSA) is 76.7 Å². The molecule has 2 unspecified atom stereocenters. The molecule has 6 nitrogen and oxygen atoms in total. The summed E-state index contributed by atoms with van der Waals surface area (Å²) in [6, 6.07) is 4.62. The molecule has 1 aromatic carbocycles. The molecule has 7 heteroatoms. The van der Waals surface area contributed by atoms with Gasteiger partial charge in [-0.3, -0.25) is 0 Å².